The molecule has 2 spiro atoms. The van der Waals surface area contributed by atoms with Crippen LogP contribution in [0.3, 0.4) is 0 Å². The highest BCUT2D eigenvalue weighted by molar-refractivity contribution is 6.02. The number of para-hydroxylation sites is 1. The van der Waals surface area contributed by atoms with Crippen LogP contribution in [0.25, 0.3) is 44.2 Å². The Hall–Kier alpha value is -7.74. The fraction of sp³-hybridized carbons (Fsp3) is 0.0333. The van der Waals surface area contributed by atoms with Crippen LogP contribution in [0, 0.1) is 0 Å². The number of rotatable bonds is 4. The van der Waals surface area contributed by atoms with Gasteiger partial charge in [0.25, 0.3) is 0 Å². The molecule has 0 fully saturated rings. The van der Waals surface area contributed by atoms with E-state index in [1.165, 1.54) is 88.7 Å². The first-order valence-electron chi connectivity index (χ1n) is 21.4. The van der Waals surface area contributed by atoms with Crippen molar-refractivity contribution < 1.29 is 0 Å². The van der Waals surface area contributed by atoms with Gasteiger partial charge in [0, 0.05) is 16.6 Å². The van der Waals surface area contributed by atoms with E-state index in [0.29, 0.717) is 0 Å². The first-order valence-corrected chi connectivity index (χ1v) is 21.4. The van der Waals surface area contributed by atoms with Crippen molar-refractivity contribution in [3.8, 4) is 33.4 Å². The monoisotopic (exact) mass is 773 g/mol. The second kappa shape index (κ2) is 12.9. The summed E-state index contributed by atoms with van der Waals surface area (Å²) in [6, 6.07) is 88.7. The molecule has 0 radical (unpaired) electrons. The van der Waals surface area contributed by atoms with Crippen LogP contribution >= 0.6 is 0 Å². The van der Waals surface area contributed by atoms with E-state index < -0.39 is 10.8 Å². The predicted molar refractivity (Wildman–Crippen MR) is 252 cm³/mol. The van der Waals surface area contributed by atoms with Gasteiger partial charge in [-0.2, -0.15) is 0 Å². The SMILES string of the molecule is c1ccc(-c2ccccc2N(c2ccc3c(c2)C2(c4ccccc4-c4ccccc42)c2ccccc2C32c3ccccc3-c3ccccc32)c2cccc3ccccc23)cc1. The number of anilines is 3. The molecule has 10 aromatic carbocycles. The quantitative estimate of drug-likeness (QED) is 0.172. The minimum Gasteiger partial charge on any atom is -0.309 e. The van der Waals surface area contributed by atoms with E-state index in [1.807, 2.05) is 0 Å². The molecule has 0 saturated carbocycles. The zero-order valence-electron chi connectivity index (χ0n) is 33.5. The fourth-order valence-electron chi connectivity index (χ4n) is 11.7. The summed E-state index contributed by atoms with van der Waals surface area (Å²) in [6.45, 7) is 0. The van der Waals surface area contributed by atoms with Crippen LogP contribution in [0.1, 0.15) is 44.5 Å². The van der Waals surface area contributed by atoms with Gasteiger partial charge in [-0.15, -0.1) is 0 Å². The van der Waals surface area contributed by atoms with Gasteiger partial charge in [0.1, 0.15) is 0 Å². The molecular formula is C60H39N. The second-order valence-corrected chi connectivity index (χ2v) is 16.7. The molecule has 0 unspecified atom stereocenters. The summed E-state index contributed by atoms with van der Waals surface area (Å²) >= 11 is 0. The maximum Gasteiger partial charge on any atom is 0.0720 e. The van der Waals surface area contributed by atoms with Crippen molar-refractivity contribution >= 4 is 27.8 Å². The van der Waals surface area contributed by atoms with Crippen LogP contribution < -0.4 is 4.90 Å². The Balaban J connectivity index is 1.21. The van der Waals surface area contributed by atoms with E-state index in [1.54, 1.807) is 0 Å². The van der Waals surface area contributed by atoms with Crippen molar-refractivity contribution in [1.82, 2.24) is 0 Å². The van der Waals surface area contributed by atoms with Crippen molar-refractivity contribution in [2.24, 2.45) is 0 Å². The molecule has 0 atom stereocenters. The maximum absolute atomic E-state index is 2.57. The van der Waals surface area contributed by atoms with Crippen molar-refractivity contribution in [3.05, 3.63) is 281 Å². The number of hydrogen-bond acceptors (Lipinski definition) is 1. The summed E-state index contributed by atoms with van der Waals surface area (Å²) in [5.41, 5.74) is 20.5. The number of hydrogen-bond donors (Lipinski definition) is 0. The van der Waals surface area contributed by atoms with Crippen molar-refractivity contribution in [2.75, 3.05) is 4.90 Å². The van der Waals surface area contributed by atoms with Gasteiger partial charge >= 0.3 is 0 Å². The van der Waals surface area contributed by atoms with E-state index >= 15 is 0 Å². The highest BCUT2D eigenvalue weighted by atomic mass is 15.1. The topological polar surface area (TPSA) is 3.24 Å². The average Bonchev–Trinajstić information content (AvgIpc) is 3.80. The van der Waals surface area contributed by atoms with Crippen LogP contribution in [0.4, 0.5) is 17.1 Å². The molecule has 0 N–H and O–H groups in total. The molecule has 3 aliphatic rings. The summed E-state index contributed by atoms with van der Waals surface area (Å²) in [5, 5.41) is 2.42. The lowest BCUT2D eigenvalue weighted by Gasteiger charge is -2.49. The molecule has 61 heavy (non-hydrogen) atoms. The lowest BCUT2D eigenvalue weighted by atomic mass is 9.52. The molecular weight excluding hydrogens is 735 g/mol. The largest absolute Gasteiger partial charge is 0.309 e. The van der Waals surface area contributed by atoms with E-state index in [0.717, 1.165) is 17.1 Å². The number of fused-ring (bicyclic) bond motifs is 17. The molecule has 1 nitrogen and oxygen atoms in total. The highest BCUT2D eigenvalue weighted by Gasteiger charge is 2.59. The second-order valence-electron chi connectivity index (χ2n) is 16.7. The summed E-state index contributed by atoms with van der Waals surface area (Å²) in [7, 11) is 0. The fourth-order valence-corrected chi connectivity index (χ4v) is 11.7. The lowest BCUT2D eigenvalue weighted by molar-refractivity contribution is 0.633. The molecule has 3 aliphatic carbocycles. The van der Waals surface area contributed by atoms with Gasteiger partial charge in [0.2, 0.25) is 0 Å². The summed E-state index contributed by atoms with van der Waals surface area (Å²) in [6.07, 6.45) is 0. The third-order valence-corrected chi connectivity index (χ3v) is 13.9. The van der Waals surface area contributed by atoms with Gasteiger partial charge in [-0.3, -0.25) is 0 Å². The third-order valence-electron chi connectivity index (χ3n) is 13.9. The van der Waals surface area contributed by atoms with Crippen molar-refractivity contribution in [1.29, 1.82) is 0 Å². The Morgan fingerprint density at radius 1 is 0.262 bits per heavy atom. The zero-order valence-corrected chi connectivity index (χ0v) is 33.5. The summed E-state index contributed by atoms with van der Waals surface area (Å²) in [4.78, 5) is 2.52. The van der Waals surface area contributed by atoms with E-state index in [4.69, 9.17) is 0 Å². The van der Waals surface area contributed by atoms with Crippen LogP contribution in [-0.4, -0.2) is 0 Å². The summed E-state index contributed by atoms with van der Waals surface area (Å²) < 4.78 is 0. The van der Waals surface area contributed by atoms with Gasteiger partial charge in [-0.1, -0.05) is 212 Å². The lowest BCUT2D eigenvalue weighted by Crippen LogP contribution is -2.43. The standard InChI is InChI=1S/C60H39N/c1-2-19-40(20-3-1)43-24-10-17-35-57(43)61(58-36-18-22-41-21-4-5-23-44(41)58)42-37-38-55-56(39-42)60(51-31-13-8-27-47(51)48-28-9-14-32-52(48)60)54-34-16-15-33-53(54)59(55)49-29-11-6-25-45(49)46-26-7-12-30-50(46)59/h1-39H. The number of benzene rings is 10. The third kappa shape index (κ3) is 4.45. The van der Waals surface area contributed by atoms with Crippen LogP contribution in [0.2, 0.25) is 0 Å². The van der Waals surface area contributed by atoms with E-state index in [9.17, 15) is 0 Å². The highest BCUT2D eigenvalue weighted by Crippen LogP contribution is 2.68. The predicted octanol–water partition coefficient (Wildman–Crippen LogP) is 15.0. The maximum atomic E-state index is 2.57. The first-order chi connectivity index (χ1) is 30.3. The molecule has 0 aromatic heterocycles. The molecule has 1 heteroatoms. The van der Waals surface area contributed by atoms with Crippen LogP contribution in [0.15, 0.2) is 237 Å². The summed E-state index contributed by atoms with van der Waals surface area (Å²) in [5.74, 6) is 0. The zero-order chi connectivity index (χ0) is 40.1. The van der Waals surface area contributed by atoms with Gasteiger partial charge in [-0.25, -0.2) is 0 Å². The molecule has 0 amide bonds. The van der Waals surface area contributed by atoms with Gasteiger partial charge in [0.15, 0.2) is 0 Å². The minimum atomic E-state index is -0.587. The Morgan fingerprint density at radius 2 is 0.672 bits per heavy atom. The van der Waals surface area contributed by atoms with Gasteiger partial charge in [0.05, 0.1) is 22.2 Å². The van der Waals surface area contributed by atoms with Crippen molar-refractivity contribution in [3.63, 3.8) is 0 Å². The molecule has 10 aromatic rings. The number of nitrogens with zero attached hydrogens (tertiary/aromatic N) is 1. The minimum absolute atomic E-state index is 0.540. The Morgan fingerprint density at radius 3 is 1.26 bits per heavy atom. The first kappa shape index (κ1) is 34.2. The van der Waals surface area contributed by atoms with Gasteiger partial charge < -0.3 is 4.90 Å². The Labute approximate surface area is 356 Å². The Kier molecular flexibility index (Phi) is 7.21. The molecule has 284 valence electrons. The van der Waals surface area contributed by atoms with Crippen LogP contribution in [0.5, 0.6) is 0 Å². The Bertz CT molecular complexity index is 3300. The molecule has 0 saturated heterocycles. The molecule has 0 aliphatic heterocycles. The van der Waals surface area contributed by atoms with Gasteiger partial charge in [-0.05, 0) is 102 Å². The normalized spacial score (nSPS) is 14.2. The average molecular weight is 774 g/mol. The van der Waals surface area contributed by atoms with E-state index in [-0.39, 0.29) is 0 Å². The van der Waals surface area contributed by atoms with Crippen LogP contribution in [-0.2, 0) is 10.8 Å². The smallest absolute Gasteiger partial charge is 0.0720 e. The molecule has 0 heterocycles. The molecule has 0 bridgehead atoms. The van der Waals surface area contributed by atoms with E-state index in [2.05, 4.69) is 241 Å². The van der Waals surface area contributed by atoms with Crippen molar-refractivity contribution in [2.45, 2.75) is 10.8 Å². The molecule has 13 rings (SSSR count).